The van der Waals surface area contributed by atoms with Crippen LogP contribution in [0.3, 0.4) is 0 Å². The second-order valence-corrected chi connectivity index (χ2v) is 7.58. The summed E-state index contributed by atoms with van der Waals surface area (Å²) in [5.41, 5.74) is 1.07. The zero-order valence-corrected chi connectivity index (χ0v) is 16.2. The molecule has 138 valence electrons. The number of benzene rings is 1. The molecule has 2 rings (SSSR count). The van der Waals surface area contributed by atoms with Crippen molar-refractivity contribution in [2.45, 2.75) is 5.75 Å². The van der Waals surface area contributed by atoms with Gasteiger partial charge < -0.3 is 15.0 Å². The Balaban J connectivity index is 1.69. The van der Waals surface area contributed by atoms with Crippen molar-refractivity contribution in [2.24, 2.45) is 0 Å². The van der Waals surface area contributed by atoms with Gasteiger partial charge in [-0.1, -0.05) is 6.07 Å². The molecule has 0 aliphatic rings. The van der Waals surface area contributed by atoms with Gasteiger partial charge in [0.05, 0.1) is 5.75 Å². The molecule has 0 saturated carbocycles. The first-order valence-corrected chi connectivity index (χ1v) is 9.86. The molecule has 0 aliphatic heterocycles. The summed E-state index contributed by atoms with van der Waals surface area (Å²) < 4.78 is 4.96. The summed E-state index contributed by atoms with van der Waals surface area (Å²) in [5, 5.41) is 4.61. The van der Waals surface area contributed by atoms with E-state index >= 15 is 0 Å². The van der Waals surface area contributed by atoms with Crippen LogP contribution in [0.1, 0.15) is 15.2 Å². The first-order chi connectivity index (χ1) is 12.5. The van der Waals surface area contributed by atoms with Crippen molar-refractivity contribution in [3.63, 3.8) is 0 Å². The number of thiophene rings is 1. The smallest absolute Gasteiger partial charge is 0.316 e. The summed E-state index contributed by atoms with van der Waals surface area (Å²) in [6.07, 6.45) is 0. The van der Waals surface area contributed by atoms with E-state index in [1.165, 1.54) is 21.5 Å². The minimum Gasteiger partial charge on any atom is -0.455 e. The number of nitrogens with zero attached hydrogens (tertiary/aromatic N) is 1. The Kier molecular flexibility index (Phi) is 7.68. The molecule has 0 saturated heterocycles. The fourth-order valence-electron chi connectivity index (χ4n) is 1.97. The Labute approximate surface area is 160 Å². The molecule has 8 heteroatoms. The van der Waals surface area contributed by atoms with Gasteiger partial charge in [0.1, 0.15) is 0 Å². The number of ether oxygens (including phenoxy) is 1. The van der Waals surface area contributed by atoms with Crippen molar-refractivity contribution in [2.75, 3.05) is 31.8 Å². The standard InChI is InChI=1S/C18H20N2O4S2/c1-20(2)18(23)13-5-7-14(8-6-13)19-16(21)10-24-17(22)12-25-11-15-4-3-9-26-15/h3-9H,10-12H2,1-2H3,(H,19,21). The Morgan fingerprint density at radius 2 is 1.88 bits per heavy atom. The second-order valence-electron chi connectivity index (χ2n) is 5.56. The van der Waals surface area contributed by atoms with E-state index in [4.69, 9.17) is 4.74 Å². The van der Waals surface area contributed by atoms with Gasteiger partial charge in [0.15, 0.2) is 6.61 Å². The lowest BCUT2D eigenvalue weighted by Crippen LogP contribution is -2.22. The maximum absolute atomic E-state index is 11.8. The predicted molar refractivity (Wildman–Crippen MR) is 105 cm³/mol. The summed E-state index contributed by atoms with van der Waals surface area (Å²) in [5.74, 6) is -0.0115. The number of amides is 2. The number of hydrogen-bond donors (Lipinski definition) is 1. The molecule has 0 atom stereocenters. The number of esters is 1. The molecule has 0 radical (unpaired) electrons. The third kappa shape index (κ3) is 6.53. The lowest BCUT2D eigenvalue weighted by molar-refractivity contribution is -0.144. The van der Waals surface area contributed by atoms with E-state index in [9.17, 15) is 14.4 Å². The van der Waals surface area contributed by atoms with Gasteiger partial charge in [-0.2, -0.15) is 0 Å². The summed E-state index contributed by atoms with van der Waals surface area (Å²) in [6.45, 7) is -0.337. The highest BCUT2D eigenvalue weighted by Gasteiger charge is 2.10. The van der Waals surface area contributed by atoms with Crippen molar-refractivity contribution in [3.8, 4) is 0 Å². The molecule has 6 nitrogen and oxygen atoms in total. The summed E-state index contributed by atoms with van der Waals surface area (Å²) in [4.78, 5) is 37.9. The van der Waals surface area contributed by atoms with Crippen LogP contribution in [0.15, 0.2) is 41.8 Å². The number of rotatable bonds is 8. The van der Waals surface area contributed by atoms with Crippen molar-refractivity contribution < 1.29 is 19.1 Å². The normalized spacial score (nSPS) is 10.2. The van der Waals surface area contributed by atoms with E-state index in [1.807, 2.05) is 17.5 Å². The average Bonchev–Trinajstić information content (AvgIpc) is 3.13. The molecule has 0 bridgehead atoms. The highest BCUT2D eigenvalue weighted by Crippen LogP contribution is 2.17. The van der Waals surface area contributed by atoms with Crippen LogP contribution in [0.2, 0.25) is 0 Å². The largest absolute Gasteiger partial charge is 0.455 e. The van der Waals surface area contributed by atoms with Crippen LogP contribution < -0.4 is 5.32 Å². The van der Waals surface area contributed by atoms with Crippen LogP contribution in [0.25, 0.3) is 0 Å². The van der Waals surface area contributed by atoms with Gasteiger partial charge in [0.2, 0.25) is 0 Å². The van der Waals surface area contributed by atoms with E-state index < -0.39 is 11.9 Å². The first kappa shape index (κ1) is 20.0. The fourth-order valence-corrected chi connectivity index (χ4v) is 3.63. The van der Waals surface area contributed by atoms with Crippen molar-refractivity contribution in [1.29, 1.82) is 0 Å². The molecule has 0 fully saturated rings. The molecule has 0 spiro atoms. The maximum Gasteiger partial charge on any atom is 0.316 e. The number of carbonyl (C=O) groups excluding carboxylic acids is 3. The Morgan fingerprint density at radius 1 is 1.15 bits per heavy atom. The van der Waals surface area contributed by atoms with Crippen LogP contribution in [0, 0.1) is 0 Å². The van der Waals surface area contributed by atoms with Gasteiger partial charge >= 0.3 is 5.97 Å². The molecule has 2 aromatic rings. The zero-order valence-electron chi connectivity index (χ0n) is 14.6. The van der Waals surface area contributed by atoms with Gasteiger partial charge in [-0.15, -0.1) is 23.1 Å². The SMILES string of the molecule is CN(C)C(=O)c1ccc(NC(=O)COC(=O)CSCc2cccs2)cc1. The zero-order chi connectivity index (χ0) is 18.9. The van der Waals surface area contributed by atoms with Gasteiger partial charge in [-0.25, -0.2) is 0 Å². The molecule has 0 unspecified atom stereocenters. The van der Waals surface area contributed by atoms with E-state index in [-0.39, 0.29) is 18.3 Å². The Bertz CT molecular complexity index is 743. The van der Waals surface area contributed by atoms with E-state index in [1.54, 1.807) is 49.7 Å². The number of nitrogens with one attached hydrogen (secondary N) is 1. The average molecular weight is 393 g/mol. The molecule has 0 aliphatic carbocycles. The molecule has 2 amide bonds. The van der Waals surface area contributed by atoms with Crippen molar-refractivity contribution >= 4 is 46.6 Å². The molecule has 1 heterocycles. The Hall–Kier alpha value is -2.32. The summed E-state index contributed by atoms with van der Waals surface area (Å²) in [7, 11) is 3.34. The third-order valence-electron chi connectivity index (χ3n) is 3.23. The van der Waals surface area contributed by atoms with Crippen LogP contribution in [-0.2, 0) is 20.1 Å². The quantitative estimate of drug-likeness (QED) is 0.699. The fraction of sp³-hybridized carbons (Fsp3) is 0.278. The molecule has 1 N–H and O–H groups in total. The van der Waals surface area contributed by atoms with Crippen LogP contribution in [0.4, 0.5) is 5.69 Å². The van der Waals surface area contributed by atoms with E-state index in [0.29, 0.717) is 11.3 Å². The molecule has 1 aromatic carbocycles. The first-order valence-electron chi connectivity index (χ1n) is 7.83. The summed E-state index contributed by atoms with van der Waals surface area (Å²) in [6, 6.07) is 10.5. The topological polar surface area (TPSA) is 75.7 Å². The Morgan fingerprint density at radius 3 is 2.50 bits per heavy atom. The van der Waals surface area contributed by atoms with Gasteiger partial charge in [0.25, 0.3) is 11.8 Å². The highest BCUT2D eigenvalue weighted by atomic mass is 32.2. The monoisotopic (exact) mass is 392 g/mol. The lowest BCUT2D eigenvalue weighted by Gasteiger charge is -2.11. The highest BCUT2D eigenvalue weighted by molar-refractivity contribution is 7.99. The second kappa shape index (κ2) is 9.98. The molecule has 1 aromatic heterocycles. The van der Waals surface area contributed by atoms with Crippen molar-refractivity contribution in [3.05, 3.63) is 52.2 Å². The maximum atomic E-state index is 11.8. The number of carbonyl (C=O) groups is 3. The predicted octanol–water partition coefficient (Wildman–Crippen LogP) is 2.87. The molecular weight excluding hydrogens is 372 g/mol. The third-order valence-corrected chi connectivity index (χ3v) is 5.24. The number of hydrogen-bond acceptors (Lipinski definition) is 6. The van der Waals surface area contributed by atoms with Crippen molar-refractivity contribution in [1.82, 2.24) is 4.90 Å². The van der Waals surface area contributed by atoms with E-state index in [0.717, 1.165) is 5.75 Å². The number of anilines is 1. The van der Waals surface area contributed by atoms with Gasteiger partial charge in [-0.05, 0) is 35.7 Å². The lowest BCUT2D eigenvalue weighted by atomic mass is 10.2. The van der Waals surface area contributed by atoms with Gasteiger partial charge in [-0.3, -0.25) is 14.4 Å². The van der Waals surface area contributed by atoms with Crippen LogP contribution in [-0.4, -0.2) is 49.1 Å². The number of thioether (sulfide) groups is 1. The molecular formula is C18H20N2O4S2. The van der Waals surface area contributed by atoms with Gasteiger partial charge in [0, 0.05) is 36.0 Å². The summed E-state index contributed by atoms with van der Waals surface area (Å²) >= 11 is 3.09. The minimum absolute atomic E-state index is 0.114. The molecule has 26 heavy (non-hydrogen) atoms. The van der Waals surface area contributed by atoms with Crippen LogP contribution >= 0.6 is 23.1 Å². The van der Waals surface area contributed by atoms with Crippen LogP contribution in [0.5, 0.6) is 0 Å². The minimum atomic E-state index is -0.423. The van der Waals surface area contributed by atoms with E-state index in [2.05, 4.69) is 5.32 Å².